The van der Waals surface area contributed by atoms with Crippen molar-refractivity contribution in [2.45, 2.75) is 11.4 Å². The summed E-state index contributed by atoms with van der Waals surface area (Å²) in [4.78, 5) is 5.61. The maximum Gasteiger partial charge on any atom is 0.181 e. The molecule has 2 rings (SSSR count). The summed E-state index contributed by atoms with van der Waals surface area (Å²) in [6.07, 6.45) is 2.06. The fourth-order valence-electron chi connectivity index (χ4n) is 1.46. The van der Waals surface area contributed by atoms with E-state index in [-0.39, 0.29) is 0 Å². The van der Waals surface area contributed by atoms with E-state index in [0.717, 1.165) is 17.2 Å². The second kappa shape index (κ2) is 4.67. The molecule has 0 saturated heterocycles. The smallest absolute Gasteiger partial charge is 0.181 e. The van der Waals surface area contributed by atoms with Crippen molar-refractivity contribution in [1.29, 1.82) is 0 Å². The minimum Gasteiger partial charge on any atom is -0.324 e. The normalized spacial score (nSPS) is 10.7. The van der Waals surface area contributed by atoms with Crippen molar-refractivity contribution in [3.05, 3.63) is 30.1 Å². The highest BCUT2D eigenvalue weighted by Gasteiger charge is 2.07. The number of aryl methyl sites for hydroxylation is 1. The van der Waals surface area contributed by atoms with Crippen LogP contribution in [0.3, 0.4) is 0 Å². The lowest BCUT2D eigenvalue weighted by Gasteiger charge is -1.97. The van der Waals surface area contributed by atoms with E-state index in [0.29, 0.717) is 6.54 Å². The highest BCUT2D eigenvalue weighted by molar-refractivity contribution is 7.98. The molecule has 1 heterocycles. The van der Waals surface area contributed by atoms with E-state index in [4.69, 9.17) is 5.73 Å². The molecule has 0 aliphatic carbocycles. The summed E-state index contributed by atoms with van der Waals surface area (Å²) in [5.41, 5.74) is 6.58. The van der Waals surface area contributed by atoms with Crippen LogP contribution in [0.15, 0.2) is 29.2 Å². The first-order valence-electron chi connectivity index (χ1n) is 4.99. The molecule has 0 fully saturated rings. The molecular formula is C11H14N4S. The first-order chi connectivity index (χ1) is 7.74. The molecule has 1 aromatic carbocycles. The zero-order chi connectivity index (χ0) is 11.5. The fourth-order valence-corrected chi connectivity index (χ4v) is 1.87. The standard InChI is InChI=1S/C11H14N4S/c1-15-10(7-12)13-11(14-15)8-3-5-9(16-2)6-4-8/h3-6H,7,12H2,1-2H3. The Morgan fingerprint density at radius 3 is 2.50 bits per heavy atom. The van der Waals surface area contributed by atoms with Crippen LogP contribution >= 0.6 is 11.8 Å². The van der Waals surface area contributed by atoms with E-state index >= 15 is 0 Å². The molecule has 0 unspecified atom stereocenters. The third kappa shape index (κ3) is 2.10. The van der Waals surface area contributed by atoms with E-state index in [1.54, 1.807) is 16.4 Å². The molecule has 0 saturated carbocycles. The van der Waals surface area contributed by atoms with Crippen LogP contribution in [0.5, 0.6) is 0 Å². The van der Waals surface area contributed by atoms with Gasteiger partial charge in [-0.05, 0) is 18.4 Å². The Bertz CT molecular complexity index is 475. The van der Waals surface area contributed by atoms with Crippen LogP contribution in [-0.2, 0) is 13.6 Å². The number of nitrogens with zero attached hydrogens (tertiary/aromatic N) is 3. The first kappa shape index (κ1) is 11.2. The Kier molecular flexibility index (Phi) is 3.26. The van der Waals surface area contributed by atoms with Gasteiger partial charge in [0.1, 0.15) is 5.82 Å². The topological polar surface area (TPSA) is 56.7 Å². The van der Waals surface area contributed by atoms with Gasteiger partial charge in [0.2, 0.25) is 0 Å². The molecule has 1 aromatic heterocycles. The Morgan fingerprint density at radius 2 is 2.00 bits per heavy atom. The van der Waals surface area contributed by atoms with Crippen molar-refractivity contribution in [2.75, 3.05) is 6.26 Å². The number of hydrogen-bond acceptors (Lipinski definition) is 4. The molecule has 16 heavy (non-hydrogen) atoms. The number of rotatable bonds is 3. The highest BCUT2D eigenvalue weighted by atomic mass is 32.2. The van der Waals surface area contributed by atoms with E-state index < -0.39 is 0 Å². The number of hydrogen-bond donors (Lipinski definition) is 1. The number of benzene rings is 1. The molecule has 2 aromatic rings. The summed E-state index contributed by atoms with van der Waals surface area (Å²) in [5.74, 6) is 1.53. The summed E-state index contributed by atoms with van der Waals surface area (Å²) in [7, 11) is 1.86. The minimum absolute atomic E-state index is 0.409. The van der Waals surface area contributed by atoms with Gasteiger partial charge in [0, 0.05) is 17.5 Å². The Labute approximate surface area is 98.9 Å². The quantitative estimate of drug-likeness (QED) is 0.821. The second-order valence-corrected chi connectivity index (χ2v) is 4.29. The van der Waals surface area contributed by atoms with Gasteiger partial charge in [-0.3, -0.25) is 4.68 Å². The highest BCUT2D eigenvalue weighted by Crippen LogP contribution is 2.20. The molecule has 2 N–H and O–H groups in total. The Hall–Kier alpha value is -1.33. The molecule has 0 amide bonds. The van der Waals surface area contributed by atoms with Crippen LogP contribution in [-0.4, -0.2) is 21.0 Å². The summed E-state index contributed by atoms with van der Waals surface area (Å²) < 4.78 is 1.72. The third-order valence-electron chi connectivity index (χ3n) is 2.38. The maximum atomic E-state index is 5.56. The van der Waals surface area contributed by atoms with Gasteiger partial charge in [-0.25, -0.2) is 4.98 Å². The van der Waals surface area contributed by atoms with Gasteiger partial charge in [0.25, 0.3) is 0 Å². The summed E-state index contributed by atoms with van der Waals surface area (Å²) in [6, 6.07) is 8.19. The zero-order valence-corrected chi connectivity index (χ0v) is 10.2. The Morgan fingerprint density at radius 1 is 1.31 bits per heavy atom. The van der Waals surface area contributed by atoms with Crippen LogP contribution in [0, 0.1) is 0 Å². The number of nitrogens with two attached hydrogens (primary N) is 1. The van der Waals surface area contributed by atoms with Gasteiger partial charge < -0.3 is 5.73 Å². The van der Waals surface area contributed by atoms with Gasteiger partial charge in [-0.2, -0.15) is 5.10 Å². The predicted octanol–water partition coefficient (Wildman–Crippen LogP) is 1.66. The molecule has 0 spiro atoms. The van der Waals surface area contributed by atoms with Crippen molar-refractivity contribution in [3.63, 3.8) is 0 Å². The molecule has 0 aliphatic rings. The van der Waals surface area contributed by atoms with E-state index in [1.807, 2.05) is 19.2 Å². The van der Waals surface area contributed by atoms with Crippen LogP contribution in [0.1, 0.15) is 5.82 Å². The first-order valence-corrected chi connectivity index (χ1v) is 6.21. The number of thioether (sulfide) groups is 1. The molecule has 0 aliphatic heterocycles. The summed E-state index contributed by atoms with van der Waals surface area (Å²) in [5, 5.41) is 4.33. The maximum absolute atomic E-state index is 5.56. The zero-order valence-electron chi connectivity index (χ0n) is 9.34. The SMILES string of the molecule is CSc1ccc(-c2nc(CN)n(C)n2)cc1. The van der Waals surface area contributed by atoms with E-state index in [1.165, 1.54) is 4.90 Å². The van der Waals surface area contributed by atoms with Crippen molar-refractivity contribution in [3.8, 4) is 11.4 Å². The van der Waals surface area contributed by atoms with Crippen molar-refractivity contribution in [2.24, 2.45) is 12.8 Å². The van der Waals surface area contributed by atoms with Crippen LogP contribution in [0.25, 0.3) is 11.4 Å². The van der Waals surface area contributed by atoms with Crippen molar-refractivity contribution in [1.82, 2.24) is 14.8 Å². The van der Waals surface area contributed by atoms with Crippen molar-refractivity contribution < 1.29 is 0 Å². The lowest BCUT2D eigenvalue weighted by molar-refractivity contribution is 0.703. The monoisotopic (exact) mass is 234 g/mol. The molecule has 0 bridgehead atoms. The van der Waals surface area contributed by atoms with E-state index in [9.17, 15) is 0 Å². The Balaban J connectivity index is 2.34. The number of aromatic nitrogens is 3. The third-order valence-corrected chi connectivity index (χ3v) is 3.13. The van der Waals surface area contributed by atoms with Crippen molar-refractivity contribution >= 4 is 11.8 Å². The molecule has 4 nitrogen and oxygen atoms in total. The summed E-state index contributed by atoms with van der Waals surface area (Å²) >= 11 is 1.72. The largest absolute Gasteiger partial charge is 0.324 e. The van der Waals surface area contributed by atoms with Gasteiger partial charge in [-0.15, -0.1) is 11.8 Å². The van der Waals surface area contributed by atoms with E-state index in [2.05, 4.69) is 28.5 Å². The summed E-state index contributed by atoms with van der Waals surface area (Å²) in [6.45, 7) is 0.409. The lowest BCUT2D eigenvalue weighted by atomic mass is 10.2. The van der Waals surface area contributed by atoms with Crippen LogP contribution in [0.2, 0.25) is 0 Å². The average Bonchev–Trinajstić information content (AvgIpc) is 2.71. The van der Waals surface area contributed by atoms with Gasteiger partial charge >= 0.3 is 0 Å². The molecule has 0 atom stereocenters. The molecule has 0 radical (unpaired) electrons. The molecule has 84 valence electrons. The fraction of sp³-hybridized carbons (Fsp3) is 0.273. The van der Waals surface area contributed by atoms with Crippen LogP contribution < -0.4 is 5.73 Å². The second-order valence-electron chi connectivity index (χ2n) is 3.41. The van der Waals surface area contributed by atoms with Gasteiger partial charge in [0.05, 0.1) is 6.54 Å². The predicted molar refractivity (Wildman–Crippen MR) is 66.1 cm³/mol. The average molecular weight is 234 g/mol. The lowest BCUT2D eigenvalue weighted by Crippen LogP contribution is -2.05. The molecular weight excluding hydrogens is 220 g/mol. The minimum atomic E-state index is 0.409. The van der Waals surface area contributed by atoms with Gasteiger partial charge in [0.15, 0.2) is 5.82 Å². The van der Waals surface area contributed by atoms with Crippen LogP contribution in [0.4, 0.5) is 0 Å². The molecule has 5 heteroatoms. The van der Waals surface area contributed by atoms with Gasteiger partial charge in [-0.1, -0.05) is 12.1 Å².